The Labute approximate surface area is 199 Å². The van der Waals surface area contributed by atoms with Crippen LogP contribution in [0.1, 0.15) is 45.7 Å². The molecular weight excluding hydrogens is 452 g/mol. The number of benzene rings is 3. The number of hydrogen-bond acceptors (Lipinski definition) is 5. The van der Waals surface area contributed by atoms with E-state index in [0.29, 0.717) is 16.9 Å². The van der Waals surface area contributed by atoms with E-state index in [0.717, 1.165) is 23.2 Å². The first-order valence-corrected chi connectivity index (χ1v) is 12.4. The van der Waals surface area contributed by atoms with Crippen molar-refractivity contribution in [1.82, 2.24) is 4.72 Å². The fourth-order valence-corrected chi connectivity index (χ4v) is 5.09. The number of methoxy groups -OCH3 is 1. The van der Waals surface area contributed by atoms with Crippen molar-refractivity contribution in [3.05, 3.63) is 89.0 Å². The maximum atomic E-state index is 13.3. The molecule has 7 nitrogen and oxygen atoms in total. The number of nitrogens with one attached hydrogen (secondary N) is 1. The minimum Gasteiger partial charge on any atom is -0.497 e. The summed E-state index contributed by atoms with van der Waals surface area (Å²) >= 11 is 0. The van der Waals surface area contributed by atoms with Crippen molar-refractivity contribution in [2.45, 2.75) is 37.8 Å². The monoisotopic (exact) mass is 478 g/mol. The van der Waals surface area contributed by atoms with Crippen molar-refractivity contribution in [3.63, 3.8) is 0 Å². The van der Waals surface area contributed by atoms with Crippen molar-refractivity contribution >= 4 is 27.4 Å². The number of amides is 1. The van der Waals surface area contributed by atoms with Crippen molar-refractivity contribution in [1.29, 1.82) is 0 Å². The van der Waals surface area contributed by atoms with Crippen LogP contribution in [0.2, 0.25) is 0 Å². The maximum absolute atomic E-state index is 13.3. The van der Waals surface area contributed by atoms with Gasteiger partial charge in [-0.15, -0.1) is 0 Å². The summed E-state index contributed by atoms with van der Waals surface area (Å²) in [5.41, 5.74) is 3.58. The second-order valence-corrected chi connectivity index (χ2v) is 10.1. The molecule has 3 aromatic rings. The van der Waals surface area contributed by atoms with Crippen LogP contribution in [-0.2, 0) is 23.0 Å². The molecule has 1 atom stereocenters. The topological polar surface area (TPSA) is 92.8 Å². The smallest absolute Gasteiger partial charge is 0.258 e. The predicted octanol–water partition coefficient (Wildman–Crippen LogP) is 3.97. The van der Waals surface area contributed by atoms with Gasteiger partial charge in [0.1, 0.15) is 5.75 Å². The third-order valence-electron chi connectivity index (χ3n) is 5.96. The summed E-state index contributed by atoms with van der Waals surface area (Å²) in [4.78, 5) is 26.5. The molecule has 176 valence electrons. The predicted molar refractivity (Wildman–Crippen MR) is 130 cm³/mol. The van der Waals surface area contributed by atoms with Crippen LogP contribution in [0.15, 0.2) is 71.6 Å². The van der Waals surface area contributed by atoms with Gasteiger partial charge < -0.3 is 9.64 Å². The number of ketones is 1. The van der Waals surface area contributed by atoms with Gasteiger partial charge in [0.15, 0.2) is 5.78 Å². The molecule has 1 aliphatic rings. The summed E-state index contributed by atoms with van der Waals surface area (Å²) < 4.78 is 33.2. The Bertz CT molecular complexity index is 1330. The second kappa shape index (κ2) is 9.40. The summed E-state index contributed by atoms with van der Waals surface area (Å²) in [5, 5.41) is 0. The lowest BCUT2D eigenvalue weighted by Gasteiger charge is -2.23. The van der Waals surface area contributed by atoms with E-state index < -0.39 is 10.0 Å². The van der Waals surface area contributed by atoms with E-state index in [-0.39, 0.29) is 29.2 Å². The number of nitrogens with zero attached hydrogens (tertiary/aromatic N) is 1. The number of ether oxygens (including phenoxy) is 1. The van der Waals surface area contributed by atoms with E-state index in [2.05, 4.69) is 4.72 Å². The van der Waals surface area contributed by atoms with Gasteiger partial charge in [0.05, 0.1) is 12.0 Å². The molecule has 0 fully saturated rings. The molecule has 0 unspecified atom stereocenters. The van der Waals surface area contributed by atoms with Crippen LogP contribution in [0.4, 0.5) is 5.69 Å². The van der Waals surface area contributed by atoms with Crippen LogP contribution in [0, 0.1) is 0 Å². The van der Waals surface area contributed by atoms with Gasteiger partial charge in [0, 0.05) is 29.4 Å². The van der Waals surface area contributed by atoms with Crippen molar-refractivity contribution in [2.24, 2.45) is 0 Å². The summed E-state index contributed by atoms with van der Waals surface area (Å²) in [5.74, 6) is 0.437. The summed E-state index contributed by atoms with van der Waals surface area (Å²) in [6.07, 6.45) is 0.728. The first kappa shape index (κ1) is 23.7. The Morgan fingerprint density at radius 2 is 1.65 bits per heavy atom. The molecule has 3 aromatic carbocycles. The molecule has 1 heterocycles. The quantitative estimate of drug-likeness (QED) is 0.519. The first-order valence-electron chi connectivity index (χ1n) is 10.9. The molecule has 0 bridgehead atoms. The Hall–Kier alpha value is -3.49. The first-order chi connectivity index (χ1) is 16.2. The van der Waals surface area contributed by atoms with Crippen LogP contribution in [-0.4, -0.2) is 33.3 Å². The summed E-state index contributed by atoms with van der Waals surface area (Å²) in [6.45, 7) is 3.50. The molecule has 1 N–H and O–H groups in total. The SMILES string of the molecule is COc1ccc(C(=O)N2c3cc(CNS(=O)(=O)c4ccc(C(C)=O)cc4)ccc3C[C@@H]2C)cc1. The van der Waals surface area contributed by atoms with E-state index in [1.54, 1.807) is 36.3 Å². The number of rotatable bonds is 7. The highest BCUT2D eigenvalue weighted by Gasteiger charge is 2.31. The van der Waals surface area contributed by atoms with Gasteiger partial charge in [-0.2, -0.15) is 0 Å². The van der Waals surface area contributed by atoms with E-state index in [9.17, 15) is 18.0 Å². The van der Waals surface area contributed by atoms with Crippen molar-refractivity contribution < 1.29 is 22.7 Å². The average molecular weight is 479 g/mol. The maximum Gasteiger partial charge on any atom is 0.258 e. The zero-order valence-corrected chi connectivity index (χ0v) is 20.1. The Morgan fingerprint density at radius 1 is 1.00 bits per heavy atom. The summed E-state index contributed by atoms with van der Waals surface area (Å²) in [6, 6.07) is 18.5. The Morgan fingerprint density at radius 3 is 2.26 bits per heavy atom. The largest absolute Gasteiger partial charge is 0.497 e. The molecule has 0 saturated carbocycles. The van der Waals surface area contributed by atoms with E-state index in [1.807, 2.05) is 25.1 Å². The van der Waals surface area contributed by atoms with E-state index >= 15 is 0 Å². The molecule has 0 aromatic heterocycles. The van der Waals surface area contributed by atoms with Crippen LogP contribution in [0.5, 0.6) is 5.75 Å². The highest BCUT2D eigenvalue weighted by molar-refractivity contribution is 7.89. The molecule has 0 spiro atoms. The fraction of sp³-hybridized carbons (Fsp3) is 0.231. The number of hydrogen-bond donors (Lipinski definition) is 1. The normalized spacial score (nSPS) is 15.1. The lowest BCUT2D eigenvalue weighted by atomic mass is 10.1. The van der Waals surface area contributed by atoms with Gasteiger partial charge in [-0.25, -0.2) is 13.1 Å². The number of fused-ring (bicyclic) bond motifs is 1. The van der Waals surface area contributed by atoms with Crippen LogP contribution < -0.4 is 14.4 Å². The number of carbonyl (C=O) groups is 2. The molecule has 0 radical (unpaired) electrons. The van der Waals surface area contributed by atoms with Crippen molar-refractivity contribution in [2.75, 3.05) is 12.0 Å². The van der Waals surface area contributed by atoms with Crippen molar-refractivity contribution in [3.8, 4) is 5.75 Å². The molecule has 4 rings (SSSR count). The molecule has 1 amide bonds. The van der Waals surface area contributed by atoms with Gasteiger partial charge in [0.25, 0.3) is 5.91 Å². The van der Waals surface area contributed by atoms with Gasteiger partial charge in [-0.1, -0.05) is 24.3 Å². The third-order valence-corrected chi connectivity index (χ3v) is 7.38. The number of carbonyl (C=O) groups excluding carboxylic acids is 2. The molecule has 0 saturated heterocycles. The summed E-state index contributed by atoms with van der Waals surface area (Å²) in [7, 11) is -2.18. The molecular formula is C26H26N2O5S. The van der Waals surface area contributed by atoms with Gasteiger partial charge in [-0.3, -0.25) is 9.59 Å². The standard InChI is InChI=1S/C26H26N2O5S/c1-17-14-22-5-4-19(16-27-34(31,32)24-12-8-20(9-13-24)18(2)29)15-25(22)28(17)26(30)21-6-10-23(33-3)11-7-21/h4-13,15,17,27H,14,16H2,1-3H3/t17-/m0/s1. The highest BCUT2D eigenvalue weighted by atomic mass is 32.2. The highest BCUT2D eigenvalue weighted by Crippen LogP contribution is 2.34. The van der Waals surface area contributed by atoms with Crippen LogP contribution >= 0.6 is 0 Å². The van der Waals surface area contributed by atoms with Gasteiger partial charge in [-0.05, 0) is 73.9 Å². The zero-order valence-electron chi connectivity index (χ0n) is 19.2. The number of Topliss-reactive ketones (excluding diaryl/α,β-unsaturated/α-hetero) is 1. The number of sulfonamides is 1. The lowest BCUT2D eigenvalue weighted by molar-refractivity contribution is 0.0979. The third kappa shape index (κ3) is 4.73. The van der Waals surface area contributed by atoms with Crippen LogP contribution in [0.3, 0.4) is 0 Å². The lowest BCUT2D eigenvalue weighted by Crippen LogP contribution is -2.35. The molecule has 8 heteroatoms. The molecule has 34 heavy (non-hydrogen) atoms. The van der Waals surface area contributed by atoms with Crippen LogP contribution in [0.25, 0.3) is 0 Å². The second-order valence-electron chi connectivity index (χ2n) is 8.32. The fourth-order valence-electron chi connectivity index (χ4n) is 4.08. The number of anilines is 1. The Balaban J connectivity index is 1.53. The van der Waals surface area contributed by atoms with E-state index in [4.69, 9.17) is 4.74 Å². The average Bonchev–Trinajstić information content (AvgIpc) is 3.17. The minimum atomic E-state index is -3.76. The van der Waals surface area contributed by atoms with E-state index in [1.165, 1.54) is 31.2 Å². The molecule has 0 aliphatic carbocycles. The molecule has 1 aliphatic heterocycles. The minimum absolute atomic E-state index is 0.0173. The van der Waals surface area contributed by atoms with Gasteiger partial charge >= 0.3 is 0 Å². The van der Waals surface area contributed by atoms with Gasteiger partial charge in [0.2, 0.25) is 10.0 Å². The zero-order chi connectivity index (χ0) is 24.5. The Kier molecular flexibility index (Phi) is 6.54.